The summed E-state index contributed by atoms with van der Waals surface area (Å²) in [5.74, 6) is -1.12. The minimum Gasteiger partial charge on any atom is -0.481 e. The molecule has 0 fully saturated rings. The highest BCUT2D eigenvalue weighted by Gasteiger charge is 2.18. The SMILES string of the molecule is CCCN(CC(C)C(=O)O)c1nc(C)c(C)s1. The van der Waals surface area contributed by atoms with Crippen molar-refractivity contribution in [2.75, 3.05) is 18.0 Å². The molecule has 0 aliphatic carbocycles. The Morgan fingerprint density at radius 3 is 2.59 bits per heavy atom. The van der Waals surface area contributed by atoms with E-state index < -0.39 is 5.97 Å². The maximum absolute atomic E-state index is 10.9. The van der Waals surface area contributed by atoms with E-state index in [9.17, 15) is 4.79 Å². The minimum absolute atomic E-state index is 0.369. The number of rotatable bonds is 6. The van der Waals surface area contributed by atoms with Gasteiger partial charge >= 0.3 is 5.97 Å². The highest BCUT2D eigenvalue weighted by molar-refractivity contribution is 7.15. The van der Waals surface area contributed by atoms with Crippen molar-refractivity contribution >= 4 is 22.4 Å². The molecule has 1 N–H and O–H groups in total. The molecule has 0 saturated heterocycles. The molecule has 0 aliphatic rings. The Hall–Kier alpha value is -1.10. The quantitative estimate of drug-likeness (QED) is 0.850. The smallest absolute Gasteiger partial charge is 0.308 e. The van der Waals surface area contributed by atoms with Crippen LogP contribution < -0.4 is 4.90 Å². The van der Waals surface area contributed by atoms with Gasteiger partial charge in [0.2, 0.25) is 0 Å². The molecule has 5 heteroatoms. The first-order valence-corrected chi connectivity index (χ1v) is 6.69. The van der Waals surface area contributed by atoms with Gasteiger partial charge in [-0.3, -0.25) is 4.79 Å². The maximum atomic E-state index is 10.9. The number of carboxylic acid groups (broad SMARTS) is 1. The molecule has 4 nitrogen and oxygen atoms in total. The normalized spacial score (nSPS) is 12.5. The summed E-state index contributed by atoms with van der Waals surface area (Å²) in [5, 5.41) is 9.90. The van der Waals surface area contributed by atoms with E-state index in [1.807, 2.05) is 13.8 Å². The molecule has 0 radical (unpaired) electrons. The van der Waals surface area contributed by atoms with Gasteiger partial charge in [0.25, 0.3) is 0 Å². The Morgan fingerprint density at radius 2 is 2.18 bits per heavy atom. The summed E-state index contributed by atoms with van der Waals surface area (Å²) in [6, 6.07) is 0. The van der Waals surface area contributed by atoms with Crippen LogP contribution in [0.4, 0.5) is 5.13 Å². The molecule has 1 aromatic rings. The van der Waals surface area contributed by atoms with Crippen LogP contribution in [0.5, 0.6) is 0 Å². The zero-order valence-corrected chi connectivity index (χ0v) is 11.7. The van der Waals surface area contributed by atoms with E-state index in [-0.39, 0.29) is 5.92 Å². The lowest BCUT2D eigenvalue weighted by Crippen LogP contribution is -2.32. The topological polar surface area (TPSA) is 53.4 Å². The Balaban J connectivity index is 2.81. The van der Waals surface area contributed by atoms with Gasteiger partial charge in [0.1, 0.15) is 0 Å². The van der Waals surface area contributed by atoms with Gasteiger partial charge in [-0.1, -0.05) is 13.8 Å². The second-order valence-corrected chi connectivity index (χ2v) is 5.50. The predicted molar refractivity (Wildman–Crippen MR) is 70.9 cm³/mol. The van der Waals surface area contributed by atoms with Crippen LogP contribution in [0.2, 0.25) is 0 Å². The molecule has 1 unspecified atom stereocenters. The summed E-state index contributed by atoms with van der Waals surface area (Å²) in [7, 11) is 0. The molecule has 1 atom stereocenters. The van der Waals surface area contributed by atoms with Crippen LogP contribution in [0.15, 0.2) is 0 Å². The van der Waals surface area contributed by atoms with Crippen molar-refractivity contribution in [3.8, 4) is 0 Å². The van der Waals surface area contributed by atoms with Crippen LogP contribution in [0.3, 0.4) is 0 Å². The second-order valence-electron chi connectivity index (χ2n) is 4.32. The molecule has 0 spiro atoms. The van der Waals surface area contributed by atoms with Crippen molar-refractivity contribution in [1.82, 2.24) is 4.98 Å². The zero-order valence-electron chi connectivity index (χ0n) is 10.9. The van der Waals surface area contributed by atoms with E-state index in [0.717, 1.165) is 23.8 Å². The Labute approximate surface area is 106 Å². The van der Waals surface area contributed by atoms with Gasteiger partial charge in [-0.15, -0.1) is 11.3 Å². The molecule has 0 saturated carbocycles. The average Bonchev–Trinajstić information content (AvgIpc) is 2.58. The van der Waals surface area contributed by atoms with Crippen molar-refractivity contribution in [2.45, 2.75) is 34.1 Å². The molecule has 0 aromatic carbocycles. The first-order valence-electron chi connectivity index (χ1n) is 5.87. The highest BCUT2D eigenvalue weighted by Crippen LogP contribution is 2.26. The molecule has 1 aromatic heterocycles. The van der Waals surface area contributed by atoms with Crippen LogP contribution in [0.1, 0.15) is 30.8 Å². The Morgan fingerprint density at radius 1 is 1.53 bits per heavy atom. The predicted octanol–water partition coefficient (Wildman–Crippen LogP) is 2.70. The minimum atomic E-state index is -0.754. The van der Waals surface area contributed by atoms with E-state index in [4.69, 9.17) is 5.11 Å². The van der Waals surface area contributed by atoms with Crippen molar-refractivity contribution in [3.63, 3.8) is 0 Å². The summed E-state index contributed by atoms with van der Waals surface area (Å²) in [6.07, 6.45) is 0.990. The van der Waals surface area contributed by atoms with E-state index in [1.165, 1.54) is 4.88 Å². The molecular weight excluding hydrogens is 236 g/mol. The number of carbonyl (C=O) groups is 1. The van der Waals surface area contributed by atoms with Gasteiger partial charge in [-0.25, -0.2) is 4.98 Å². The lowest BCUT2D eigenvalue weighted by molar-refractivity contribution is -0.140. The fraction of sp³-hybridized carbons (Fsp3) is 0.667. The largest absolute Gasteiger partial charge is 0.481 e. The maximum Gasteiger partial charge on any atom is 0.308 e. The molecular formula is C12H20N2O2S. The van der Waals surface area contributed by atoms with Crippen molar-refractivity contribution < 1.29 is 9.90 Å². The second kappa shape index (κ2) is 6.00. The third kappa shape index (κ3) is 3.70. The van der Waals surface area contributed by atoms with Crippen LogP contribution >= 0.6 is 11.3 Å². The fourth-order valence-corrected chi connectivity index (χ4v) is 2.48. The third-order valence-electron chi connectivity index (χ3n) is 2.70. The van der Waals surface area contributed by atoms with Crippen molar-refractivity contribution in [2.24, 2.45) is 5.92 Å². The molecule has 0 amide bonds. The first-order chi connectivity index (χ1) is 7.95. The number of nitrogens with zero attached hydrogens (tertiary/aromatic N) is 2. The van der Waals surface area contributed by atoms with Crippen LogP contribution in [0.25, 0.3) is 0 Å². The van der Waals surface area contributed by atoms with E-state index in [1.54, 1.807) is 18.3 Å². The lowest BCUT2D eigenvalue weighted by Gasteiger charge is -2.23. The number of aryl methyl sites for hydroxylation is 2. The fourth-order valence-electron chi connectivity index (χ4n) is 1.53. The molecule has 0 aliphatic heterocycles. The van der Waals surface area contributed by atoms with Crippen LogP contribution in [-0.4, -0.2) is 29.1 Å². The summed E-state index contributed by atoms with van der Waals surface area (Å²) < 4.78 is 0. The molecule has 1 rings (SSSR count). The van der Waals surface area contributed by atoms with E-state index in [0.29, 0.717) is 6.54 Å². The Bertz CT molecular complexity index is 370. The molecule has 0 bridgehead atoms. The van der Waals surface area contributed by atoms with E-state index in [2.05, 4.69) is 16.8 Å². The zero-order chi connectivity index (χ0) is 13.0. The molecule has 17 heavy (non-hydrogen) atoms. The van der Waals surface area contributed by atoms with Gasteiger partial charge in [-0.05, 0) is 20.3 Å². The number of anilines is 1. The average molecular weight is 256 g/mol. The van der Waals surface area contributed by atoms with Crippen LogP contribution in [-0.2, 0) is 4.79 Å². The number of aliphatic carboxylic acids is 1. The van der Waals surface area contributed by atoms with E-state index >= 15 is 0 Å². The summed E-state index contributed by atoms with van der Waals surface area (Å²) in [5.41, 5.74) is 1.04. The van der Waals surface area contributed by atoms with Gasteiger partial charge in [0, 0.05) is 18.0 Å². The number of aromatic nitrogens is 1. The highest BCUT2D eigenvalue weighted by atomic mass is 32.1. The number of hydrogen-bond acceptors (Lipinski definition) is 4. The number of carboxylic acids is 1. The van der Waals surface area contributed by atoms with Gasteiger partial charge in [0.15, 0.2) is 5.13 Å². The lowest BCUT2D eigenvalue weighted by atomic mass is 10.2. The number of thiazole rings is 1. The third-order valence-corrected chi connectivity index (χ3v) is 3.83. The number of hydrogen-bond donors (Lipinski definition) is 1. The van der Waals surface area contributed by atoms with Gasteiger partial charge in [0.05, 0.1) is 11.6 Å². The summed E-state index contributed by atoms with van der Waals surface area (Å²) >= 11 is 1.64. The Kier molecular flexibility index (Phi) is 4.93. The van der Waals surface area contributed by atoms with Crippen molar-refractivity contribution in [1.29, 1.82) is 0 Å². The summed E-state index contributed by atoms with van der Waals surface area (Å²) in [4.78, 5) is 18.7. The van der Waals surface area contributed by atoms with Gasteiger partial charge in [-0.2, -0.15) is 0 Å². The van der Waals surface area contributed by atoms with Gasteiger partial charge < -0.3 is 10.0 Å². The monoisotopic (exact) mass is 256 g/mol. The first kappa shape index (κ1) is 14.0. The molecule has 1 heterocycles. The molecule has 96 valence electrons. The summed E-state index contributed by atoms with van der Waals surface area (Å²) in [6.45, 7) is 9.23. The van der Waals surface area contributed by atoms with Crippen molar-refractivity contribution in [3.05, 3.63) is 10.6 Å². The van der Waals surface area contributed by atoms with Crippen LogP contribution in [0, 0.1) is 19.8 Å². The standard InChI is InChI=1S/C12H20N2O2S/c1-5-6-14(7-8(2)11(15)16)12-13-9(3)10(4)17-12/h8H,5-7H2,1-4H3,(H,15,16).